The summed E-state index contributed by atoms with van der Waals surface area (Å²) in [5, 5.41) is 10.3. The molecular formula is C25H24ClN5O4. The van der Waals surface area contributed by atoms with Crippen molar-refractivity contribution in [3.05, 3.63) is 89.1 Å². The molecule has 2 aromatic carbocycles. The number of urea groups is 1. The number of carbonyl (C=O) groups is 2. The Morgan fingerprint density at radius 1 is 1.03 bits per heavy atom. The smallest absolute Gasteiger partial charge is 0.321 e. The number of benzene rings is 2. The Kier molecular flexibility index (Phi) is 7.79. The van der Waals surface area contributed by atoms with Crippen molar-refractivity contribution in [1.29, 1.82) is 0 Å². The lowest BCUT2D eigenvalue weighted by Gasteiger charge is -2.17. The van der Waals surface area contributed by atoms with Crippen LogP contribution in [-0.4, -0.2) is 47.1 Å². The maximum Gasteiger partial charge on any atom is 0.321 e. The average Bonchev–Trinajstić information content (AvgIpc) is 3.56. The first-order chi connectivity index (χ1) is 17.0. The average molecular weight is 494 g/mol. The highest BCUT2D eigenvalue weighted by Gasteiger charge is 2.14. The number of amides is 3. The largest absolute Gasteiger partial charge is 0.469 e. The van der Waals surface area contributed by atoms with Crippen LogP contribution in [-0.2, 0) is 12.8 Å². The van der Waals surface area contributed by atoms with E-state index < -0.39 is 0 Å². The molecule has 9 nitrogen and oxygen atoms in total. The molecule has 180 valence electrons. The lowest BCUT2D eigenvalue weighted by Crippen LogP contribution is -2.33. The van der Waals surface area contributed by atoms with E-state index in [0.29, 0.717) is 59.5 Å². The zero-order valence-corrected chi connectivity index (χ0v) is 19.8. The Bertz CT molecular complexity index is 1250. The summed E-state index contributed by atoms with van der Waals surface area (Å²) in [6.45, 7) is 0.878. The van der Waals surface area contributed by atoms with Crippen molar-refractivity contribution in [1.82, 2.24) is 20.4 Å². The topological polar surface area (TPSA) is 114 Å². The van der Waals surface area contributed by atoms with Gasteiger partial charge in [-0.1, -0.05) is 16.8 Å². The van der Waals surface area contributed by atoms with E-state index in [1.165, 1.54) is 4.90 Å². The Morgan fingerprint density at radius 2 is 1.80 bits per heavy atom. The molecule has 0 atom stereocenters. The van der Waals surface area contributed by atoms with Crippen LogP contribution in [0.25, 0.3) is 11.5 Å². The van der Waals surface area contributed by atoms with Gasteiger partial charge in [0.25, 0.3) is 11.8 Å². The molecule has 0 saturated heterocycles. The third-order valence-electron chi connectivity index (χ3n) is 5.21. The van der Waals surface area contributed by atoms with Crippen LogP contribution in [0.5, 0.6) is 0 Å². The number of hydrogen-bond acceptors (Lipinski definition) is 6. The second-order valence-electron chi connectivity index (χ2n) is 7.79. The van der Waals surface area contributed by atoms with Crippen LogP contribution in [0.1, 0.15) is 21.9 Å². The molecule has 0 bridgehead atoms. The van der Waals surface area contributed by atoms with E-state index in [2.05, 4.69) is 20.8 Å². The van der Waals surface area contributed by atoms with Crippen molar-refractivity contribution in [3.63, 3.8) is 0 Å². The normalized spacial score (nSPS) is 10.7. The predicted molar refractivity (Wildman–Crippen MR) is 131 cm³/mol. The molecule has 0 aliphatic rings. The minimum atomic E-state index is -0.255. The standard InChI is InChI=1S/C25H24ClN5O4/c1-31(25(33)28-20-10-8-19(26)9-11-20)15-13-22-29-24(35-30-22)18-6-4-17(5-7-18)23(32)27-14-12-21-3-2-16-34-21/h2-11,16H,12-15H2,1H3,(H,27,32)(H,28,33). The molecule has 2 heterocycles. The molecule has 2 aromatic heterocycles. The number of aromatic nitrogens is 2. The van der Waals surface area contributed by atoms with E-state index in [0.717, 1.165) is 5.76 Å². The van der Waals surface area contributed by atoms with Gasteiger partial charge in [0.05, 0.1) is 6.26 Å². The van der Waals surface area contributed by atoms with Gasteiger partial charge in [0.1, 0.15) is 5.76 Å². The van der Waals surface area contributed by atoms with E-state index >= 15 is 0 Å². The van der Waals surface area contributed by atoms with Crippen LogP contribution < -0.4 is 10.6 Å². The first-order valence-electron chi connectivity index (χ1n) is 11.0. The highest BCUT2D eigenvalue weighted by atomic mass is 35.5. The van der Waals surface area contributed by atoms with Crippen molar-refractivity contribution in [3.8, 4) is 11.5 Å². The van der Waals surface area contributed by atoms with Crippen LogP contribution in [0.4, 0.5) is 10.5 Å². The third-order valence-corrected chi connectivity index (χ3v) is 5.46. The fourth-order valence-corrected chi connectivity index (χ4v) is 3.34. The number of anilines is 1. The van der Waals surface area contributed by atoms with Gasteiger partial charge in [-0.2, -0.15) is 4.98 Å². The molecule has 4 aromatic rings. The molecular weight excluding hydrogens is 470 g/mol. The molecule has 0 radical (unpaired) electrons. The van der Waals surface area contributed by atoms with E-state index in [1.54, 1.807) is 61.8 Å². The minimum Gasteiger partial charge on any atom is -0.469 e. The Labute approximate surface area is 207 Å². The number of nitrogens with one attached hydrogen (secondary N) is 2. The van der Waals surface area contributed by atoms with Gasteiger partial charge in [0, 0.05) is 54.8 Å². The van der Waals surface area contributed by atoms with Crippen LogP contribution in [0.15, 0.2) is 75.9 Å². The van der Waals surface area contributed by atoms with Crippen LogP contribution in [0.3, 0.4) is 0 Å². The number of likely N-dealkylation sites (N-methyl/N-ethyl adjacent to an activating group) is 1. The number of furan rings is 1. The molecule has 0 spiro atoms. The van der Waals surface area contributed by atoms with Crippen molar-refractivity contribution >= 4 is 29.2 Å². The van der Waals surface area contributed by atoms with E-state index in [-0.39, 0.29) is 11.9 Å². The molecule has 0 fully saturated rings. The fourth-order valence-electron chi connectivity index (χ4n) is 3.21. The predicted octanol–water partition coefficient (Wildman–Crippen LogP) is 4.66. The summed E-state index contributed by atoms with van der Waals surface area (Å²) in [4.78, 5) is 30.6. The summed E-state index contributed by atoms with van der Waals surface area (Å²) >= 11 is 5.86. The lowest BCUT2D eigenvalue weighted by molar-refractivity contribution is 0.0953. The van der Waals surface area contributed by atoms with Crippen LogP contribution in [0, 0.1) is 0 Å². The summed E-state index contributed by atoms with van der Waals surface area (Å²) in [6, 6.07) is 17.2. The van der Waals surface area contributed by atoms with Crippen LogP contribution >= 0.6 is 11.6 Å². The van der Waals surface area contributed by atoms with Gasteiger partial charge >= 0.3 is 6.03 Å². The van der Waals surface area contributed by atoms with Crippen LogP contribution in [0.2, 0.25) is 5.02 Å². The van der Waals surface area contributed by atoms with Gasteiger partial charge in [-0.15, -0.1) is 0 Å². The minimum absolute atomic E-state index is 0.172. The van der Waals surface area contributed by atoms with Gasteiger partial charge in [-0.3, -0.25) is 4.79 Å². The molecule has 2 N–H and O–H groups in total. The zero-order chi connectivity index (χ0) is 24.6. The number of carbonyl (C=O) groups excluding carboxylic acids is 2. The molecule has 3 amide bonds. The van der Waals surface area contributed by atoms with Gasteiger partial charge < -0.3 is 24.5 Å². The zero-order valence-electron chi connectivity index (χ0n) is 19.0. The van der Waals surface area contributed by atoms with E-state index in [1.807, 2.05) is 12.1 Å². The lowest BCUT2D eigenvalue weighted by atomic mass is 10.1. The van der Waals surface area contributed by atoms with Gasteiger partial charge in [-0.25, -0.2) is 4.79 Å². The molecule has 0 saturated carbocycles. The number of rotatable bonds is 9. The molecule has 0 unspecified atom stereocenters. The molecule has 0 aliphatic heterocycles. The van der Waals surface area contributed by atoms with Crippen molar-refractivity contribution in [2.75, 3.05) is 25.5 Å². The maximum absolute atomic E-state index is 12.3. The summed E-state index contributed by atoms with van der Waals surface area (Å²) in [7, 11) is 1.69. The Morgan fingerprint density at radius 3 is 2.51 bits per heavy atom. The summed E-state index contributed by atoms with van der Waals surface area (Å²) in [6.07, 6.45) is 2.65. The first kappa shape index (κ1) is 24.0. The Hall–Kier alpha value is -4.11. The van der Waals surface area contributed by atoms with E-state index in [9.17, 15) is 9.59 Å². The molecule has 0 aliphatic carbocycles. The summed E-state index contributed by atoms with van der Waals surface area (Å²) in [5.41, 5.74) is 1.88. The monoisotopic (exact) mass is 493 g/mol. The summed E-state index contributed by atoms with van der Waals surface area (Å²) < 4.78 is 10.6. The molecule has 35 heavy (non-hydrogen) atoms. The van der Waals surface area contributed by atoms with Crippen molar-refractivity contribution in [2.45, 2.75) is 12.8 Å². The number of halogens is 1. The third kappa shape index (κ3) is 6.70. The van der Waals surface area contributed by atoms with Crippen molar-refractivity contribution < 1.29 is 18.5 Å². The molecule has 10 heteroatoms. The van der Waals surface area contributed by atoms with Gasteiger partial charge in [-0.05, 0) is 60.7 Å². The van der Waals surface area contributed by atoms with Gasteiger partial charge in [0.15, 0.2) is 5.82 Å². The maximum atomic E-state index is 12.3. The second-order valence-corrected chi connectivity index (χ2v) is 8.22. The van der Waals surface area contributed by atoms with E-state index in [4.69, 9.17) is 20.5 Å². The summed E-state index contributed by atoms with van der Waals surface area (Å²) in [5.74, 6) is 1.47. The highest BCUT2D eigenvalue weighted by molar-refractivity contribution is 6.30. The quantitative estimate of drug-likeness (QED) is 0.350. The SMILES string of the molecule is CN(CCc1noc(-c2ccc(C(=O)NCCc3ccco3)cc2)n1)C(=O)Nc1ccc(Cl)cc1. The van der Waals surface area contributed by atoms with Gasteiger partial charge in [0.2, 0.25) is 0 Å². The second kappa shape index (κ2) is 11.3. The fraction of sp³-hybridized carbons (Fsp3) is 0.200. The Balaban J connectivity index is 1.25. The van der Waals surface area contributed by atoms with Crippen molar-refractivity contribution in [2.24, 2.45) is 0 Å². The molecule has 4 rings (SSSR count). The number of nitrogens with zero attached hydrogens (tertiary/aromatic N) is 3. The first-order valence-corrected chi connectivity index (χ1v) is 11.4. The number of hydrogen-bond donors (Lipinski definition) is 2. The highest BCUT2D eigenvalue weighted by Crippen LogP contribution is 2.18.